The Bertz CT molecular complexity index is 641. The van der Waals surface area contributed by atoms with Crippen molar-refractivity contribution in [3.05, 3.63) is 34.9 Å². The molecule has 1 aromatic carbocycles. The number of nitrogens with zero attached hydrogens (tertiary/aromatic N) is 3. The lowest BCUT2D eigenvalue weighted by Crippen LogP contribution is -2.48. The van der Waals surface area contributed by atoms with Crippen LogP contribution in [0.25, 0.3) is 0 Å². The molecule has 2 aliphatic heterocycles. The van der Waals surface area contributed by atoms with E-state index >= 15 is 0 Å². The first-order chi connectivity index (χ1) is 13.7. The van der Waals surface area contributed by atoms with Crippen molar-refractivity contribution in [1.82, 2.24) is 20.4 Å². The van der Waals surface area contributed by atoms with Crippen molar-refractivity contribution in [1.29, 1.82) is 0 Å². The minimum Gasteiger partial charge on any atom is -0.379 e. The summed E-state index contributed by atoms with van der Waals surface area (Å²) < 4.78 is 5.54. The molecule has 0 spiro atoms. The summed E-state index contributed by atoms with van der Waals surface area (Å²) in [6, 6.07) is 9.01. The molecule has 0 aromatic heterocycles. The molecule has 2 aliphatic rings. The molecule has 2 unspecified atom stereocenters. The number of guanidine groups is 1. The highest BCUT2D eigenvalue weighted by Crippen LogP contribution is 2.24. The van der Waals surface area contributed by atoms with Gasteiger partial charge in [-0.3, -0.25) is 14.8 Å². The molecule has 8 heteroatoms. The van der Waals surface area contributed by atoms with Gasteiger partial charge >= 0.3 is 0 Å². The third kappa shape index (κ3) is 7.24. The van der Waals surface area contributed by atoms with Crippen molar-refractivity contribution in [2.24, 2.45) is 4.99 Å². The number of aliphatic imine (C=N–C) groups is 1. The van der Waals surface area contributed by atoms with Gasteiger partial charge in [0.25, 0.3) is 0 Å². The lowest BCUT2D eigenvalue weighted by Gasteiger charge is -2.35. The van der Waals surface area contributed by atoms with Gasteiger partial charge in [0.05, 0.1) is 19.3 Å². The lowest BCUT2D eigenvalue weighted by molar-refractivity contribution is 0.0170. The highest BCUT2D eigenvalue weighted by molar-refractivity contribution is 14.0. The molecule has 0 saturated carbocycles. The molecule has 0 bridgehead atoms. The number of benzene rings is 1. The molecule has 0 radical (unpaired) electrons. The van der Waals surface area contributed by atoms with E-state index < -0.39 is 0 Å². The zero-order valence-corrected chi connectivity index (χ0v) is 20.7. The summed E-state index contributed by atoms with van der Waals surface area (Å²) >= 11 is 6.26. The third-order valence-electron chi connectivity index (χ3n) is 5.82. The highest BCUT2D eigenvalue weighted by atomic mass is 127. The van der Waals surface area contributed by atoms with E-state index in [9.17, 15) is 0 Å². The van der Waals surface area contributed by atoms with Crippen LogP contribution in [0.3, 0.4) is 0 Å². The Labute approximate surface area is 197 Å². The van der Waals surface area contributed by atoms with Crippen molar-refractivity contribution in [3.8, 4) is 0 Å². The van der Waals surface area contributed by atoms with Gasteiger partial charge in [0.15, 0.2) is 5.96 Å². The molecular weight excluding hydrogens is 501 g/mol. The number of hydrogen-bond acceptors (Lipinski definition) is 4. The quantitative estimate of drug-likeness (QED) is 0.319. The van der Waals surface area contributed by atoms with Crippen LogP contribution < -0.4 is 10.6 Å². The van der Waals surface area contributed by atoms with Crippen molar-refractivity contribution < 1.29 is 4.74 Å². The molecule has 29 heavy (non-hydrogen) atoms. The topological polar surface area (TPSA) is 52.1 Å². The molecule has 2 saturated heterocycles. The SMILES string of the molecule is CCN1CCCC1CNC(=NC)NCC(c1cccc(Cl)c1)N1CCOCC1.I. The monoisotopic (exact) mass is 535 g/mol. The van der Waals surface area contributed by atoms with Crippen LogP contribution >= 0.6 is 35.6 Å². The normalized spacial score (nSPS) is 22.2. The first-order valence-electron chi connectivity index (χ1n) is 10.5. The van der Waals surface area contributed by atoms with Crippen LogP contribution in [0, 0.1) is 0 Å². The summed E-state index contributed by atoms with van der Waals surface area (Å²) in [4.78, 5) is 9.44. The van der Waals surface area contributed by atoms with E-state index in [-0.39, 0.29) is 30.0 Å². The molecule has 6 nitrogen and oxygen atoms in total. The molecule has 0 amide bonds. The number of likely N-dealkylation sites (N-methyl/N-ethyl adjacent to an activating group) is 1. The van der Waals surface area contributed by atoms with E-state index in [2.05, 4.69) is 44.5 Å². The van der Waals surface area contributed by atoms with Crippen LogP contribution in [0.1, 0.15) is 31.4 Å². The maximum absolute atomic E-state index is 6.26. The van der Waals surface area contributed by atoms with Gasteiger partial charge in [-0.1, -0.05) is 30.7 Å². The van der Waals surface area contributed by atoms with Crippen LogP contribution in [-0.2, 0) is 4.74 Å². The molecule has 2 N–H and O–H groups in total. The maximum Gasteiger partial charge on any atom is 0.191 e. The summed E-state index contributed by atoms with van der Waals surface area (Å²) in [5.41, 5.74) is 1.23. The number of nitrogens with one attached hydrogen (secondary N) is 2. The van der Waals surface area contributed by atoms with Gasteiger partial charge in [0.2, 0.25) is 0 Å². The fourth-order valence-electron chi connectivity index (χ4n) is 4.23. The molecule has 2 fully saturated rings. The second kappa shape index (κ2) is 12.9. The van der Waals surface area contributed by atoms with E-state index in [1.54, 1.807) is 0 Å². The summed E-state index contributed by atoms with van der Waals surface area (Å²) in [5, 5.41) is 7.84. The number of rotatable bonds is 7. The predicted molar refractivity (Wildman–Crippen MR) is 132 cm³/mol. The minimum absolute atomic E-state index is 0. The third-order valence-corrected chi connectivity index (χ3v) is 6.05. The number of hydrogen-bond donors (Lipinski definition) is 2. The molecule has 2 atom stereocenters. The highest BCUT2D eigenvalue weighted by Gasteiger charge is 2.25. The van der Waals surface area contributed by atoms with Gasteiger partial charge in [0, 0.05) is 44.3 Å². The lowest BCUT2D eigenvalue weighted by atomic mass is 10.0. The Kier molecular flexibility index (Phi) is 11.0. The van der Waals surface area contributed by atoms with Gasteiger partial charge in [-0.05, 0) is 43.6 Å². The predicted octanol–water partition coefficient (Wildman–Crippen LogP) is 2.98. The van der Waals surface area contributed by atoms with Crippen molar-refractivity contribution in [2.75, 3.05) is 59.5 Å². The molecule has 3 rings (SSSR count). The van der Waals surface area contributed by atoms with E-state index in [1.165, 1.54) is 24.9 Å². The van der Waals surface area contributed by atoms with E-state index in [4.69, 9.17) is 16.3 Å². The van der Waals surface area contributed by atoms with Crippen LogP contribution in [0.5, 0.6) is 0 Å². The fourth-order valence-corrected chi connectivity index (χ4v) is 4.43. The zero-order chi connectivity index (χ0) is 19.8. The van der Waals surface area contributed by atoms with E-state index in [1.807, 2.05) is 19.2 Å². The molecular formula is C21H35ClIN5O. The Morgan fingerprint density at radius 2 is 2.07 bits per heavy atom. The fraction of sp³-hybridized carbons (Fsp3) is 0.667. The van der Waals surface area contributed by atoms with Crippen LogP contribution in [0.15, 0.2) is 29.3 Å². The molecule has 1 aromatic rings. The molecule has 0 aliphatic carbocycles. The Morgan fingerprint density at radius 3 is 2.76 bits per heavy atom. The average Bonchev–Trinajstić information content (AvgIpc) is 3.19. The Balaban J connectivity index is 0.00000300. The zero-order valence-electron chi connectivity index (χ0n) is 17.6. The van der Waals surface area contributed by atoms with Crippen molar-refractivity contribution in [3.63, 3.8) is 0 Å². The minimum atomic E-state index is 0. The van der Waals surface area contributed by atoms with Gasteiger partial charge in [-0.15, -0.1) is 24.0 Å². The molecule has 2 heterocycles. The standard InChI is InChI=1S/C21H34ClN5O.HI/c1-3-26-9-5-8-19(26)15-24-21(23-2)25-16-20(27-10-12-28-13-11-27)17-6-4-7-18(22)14-17;/h4,6-7,14,19-20H,3,5,8-13,15-16H2,1-2H3,(H2,23,24,25);1H. The number of halogens is 2. The Hall–Kier alpha value is -0.610. The van der Waals surface area contributed by atoms with Gasteiger partial charge < -0.3 is 15.4 Å². The summed E-state index contributed by atoms with van der Waals surface area (Å²) in [5.74, 6) is 0.864. The van der Waals surface area contributed by atoms with Crippen molar-refractivity contribution >= 4 is 41.5 Å². The second-order valence-corrected chi connectivity index (χ2v) is 7.91. The average molecular weight is 536 g/mol. The largest absolute Gasteiger partial charge is 0.379 e. The second-order valence-electron chi connectivity index (χ2n) is 7.48. The number of ether oxygens (including phenoxy) is 1. The first-order valence-corrected chi connectivity index (χ1v) is 10.8. The maximum atomic E-state index is 6.26. The van der Waals surface area contributed by atoms with E-state index in [0.29, 0.717) is 6.04 Å². The van der Waals surface area contributed by atoms with Gasteiger partial charge in [-0.25, -0.2) is 0 Å². The van der Waals surface area contributed by atoms with Gasteiger partial charge in [0.1, 0.15) is 0 Å². The van der Waals surface area contributed by atoms with E-state index in [0.717, 1.165) is 56.9 Å². The van der Waals surface area contributed by atoms with Crippen LogP contribution in [0.2, 0.25) is 5.02 Å². The summed E-state index contributed by atoms with van der Waals surface area (Å²) in [6.45, 7) is 9.70. The molecule has 164 valence electrons. The van der Waals surface area contributed by atoms with Gasteiger partial charge in [-0.2, -0.15) is 0 Å². The Morgan fingerprint density at radius 1 is 1.28 bits per heavy atom. The summed E-state index contributed by atoms with van der Waals surface area (Å²) in [7, 11) is 1.84. The van der Waals surface area contributed by atoms with Crippen molar-refractivity contribution in [2.45, 2.75) is 31.8 Å². The first kappa shape index (κ1) is 24.7. The smallest absolute Gasteiger partial charge is 0.191 e. The summed E-state index contributed by atoms with van der Waals surface area (Å²) in [6.07, 6.45) is 2.55. The number of likely N-dealkylation sites (tertiary alicyclic amines) is 1. The van der Waals surface area contributed by atoms with Crippen LogP contribution in [0.4, 0.5) is 0 Å². The van der Waals surface area contributed by atoms with Crippen LogP contribution in [-0.4, -0.2) is 81.3 Å². The number of morpholine rings is 1.